The number of benzene rings is 2. The van der Waals surface area contributed by atoms with E-state index in [2.05, 4.69) is 16.4 Å². The Morgan fingerprint density at radius 2 is 1.85 bits per heavy atom. The van der Waals surface area contributed by atoms with Gasteiger partial charge in [-0.3, -0.25) is 9.59 Å². The van der Waals surface area contributed by atoms with E-state index in [4.69, 9.17) is 10.00 Å². The first kappa shape index (κ1) is 18.2. The summed E-state index contributed by atoms with van der Waals surface area (Å²) in [5.41, 5.74) is 3.60. The van der Waals surface area contributed by atoms with Crippen molar-refractivity contribution >= 4 is 22.8 Å². The molecule has 0 bridgehead atoms. The number of H-pyrrole nitrogens is 1. The monoisotopic (exact) mass is 361 g/mol. The molecule has 0 aliphatic heterocycles. The number of rotatable bonds is 6. The zero-order valence-corrected chi connectivity index (χ0v) is 14.9. The SMILES string of the molecule is CCOC(=O)Cc1ccc(CNC(=O)c2cc3cc(C#N)ccc3[nH]2)cc1. The number of amides is 1. The summed E-state index contributed by atoms with van der Waals surface area (Å²) in [4.78, 5) is 26.9. The zero-order chi connectivity index (χ0) is 19.2. The number of nitrogens with one attached hydrogen (secondary N) is 2. The van der Waals surface area contributed by atoms with Gasteiger partial charge in [-0.1, -0.05) is 24.3 Å². The number of nitriles is 1. The highest BCUT2D eigenvalue weighted by Crippen LogP contribution is 2.17. The Balaban J connectivity index is 1.60. The van der Waals surface area contributed by atoms with E-state index in [0.717, 1.165) is 22.0 Å². The Bertz CT molecular complexity index is 1010. The summed E-state index contributed by atoms with van der Waals surface area (Å²) in [6.45, 7) is 2.52. The maximum Gasteiger partial charge on any atom is 0.310 e. The minimum absolute atomic E-state index is 0.222. The largest absolute Gasteiger partial charge is 0.466 e. The van der Waals surface area contributed by atoms with E-state index in [0.29, 0.717) is 24.4 Å². The summed E-state index contributed by atoms with van der Waals surface area (Å²) in [5.74, 6) is -0.475. The molecule has 0 fully saturated rings. The van der Waals surface area contributed by atoms with E-state index in [1.54, 1.807) is 31.2 Å². The standard InChI is InChI=1S/C21H19N3O3/c1-2-27-20(25)10-14-3-5-15(6-4-14)13-23-21(26)19-11-17-9-16(12-22)7-8-18(17)24-19/h3-9,11,24H,2,10,13H2,1H3,(H,23,26). The number of esters is 1. The molecule has 0 radical (unpaired) electrons. The summed E-state index contributed by atoms with van der Waals surface area (Å²) in [6, 6.07) is 16.5. The van der Waals surface area contributed by atoms with Crippen LogP contribution in [0.15, 0.2) is 48.5 Å². The molecule has 0 atom stereocenters. The van der Waals surface area contributed by atoms with Crippen LogP contribution in [0.25, 0.3) is 10.9 Å². The Kier molecular flexibility index (Phi) is 5.53. The molecule has 0 aliphatic carbocycles. The molecular formula is C21H19N3O3. The third-order valence-corrected chi connectivity index (χ3v) is 4.12. The van der Waals surface area contributed by atoms with Crippen LogP contribution in [0.2, 0.25) is 0 Å². The lowest BCUT2D eigenvalue weighted by atomic mass is 10.1. The second kappa shape index (κ2) is 8.19. The van der Waals surface area contributed by atoms with Gasteiger partial charge < -0.3 is 15.0 Å². The van der Waals surface area contributed by atoms with Crippen LogP contribution in [0, 0.1) is 11.3 Å². The van der Waals surface area contributed by atoms with E-state index >= 15 is 0 Å². The first-order chi connectivity index (χ1) is 13.1. The fourth-order valence-electron chi connectivity index (χ4n) is 2.76. The van der Waals surface area contributed by atoms with Gasteiger partial charge in [0.1, 0.15) is 5.69 Å². The van der Waals surface area contributed by atoms with Crippen molar-refractivity contribution in [2.75, 3.05) is 6.61 Å². The molecule has 1 amide bonds. The molecule has 0 unspecified atom stereocenters. The Hall–Kier alpha value is -3.59. The average Bonchev–Trinajstić information content (AvgIpc) is 3.10. The van der Waals surface area contributed by atoms with E-state index in [9.17, 15) is 9.59 Å². The van der Waals surface area contributed by atoms with Gasteiger partial charge in [0.2, 0.25) is 0 Å². The van der Waals surface area contributed by atoms with Crippen LogP contribution in [0.4, 0.5) is 0 Å². The molecule has 1 heterocycles. The van der Waals surface area contributed by atoms with Gasteiger partial charge in [0, 0.05) is 17.4 Å². The number of aromatic nitrogens is 1. The lowest BCUT2D eigenvalue weighted by Gasteiger charge is -2.06. The number of nitrogens with zero attached hydrogens (tertiary/aromatic N) is 1. The quantitative estimate of drug-likeness (QED) is 0.660. The molecule has 27 heavy (non-hydrogen) atoms. The predicted molar refractivity (Wildman–Crippen MR) is 101 cm³/mol. The summed E-state index contributed by atoms with van der Waals surface area (Å²) >= 11 is 0. The first-order valence-electron chi connectivity index (χ1n) is 8.63. The number of hydrogen-bond acceptors (Lipinski definition) is 4. The van der Waals surface area contributed by atoms with Gasteiger partial charge in [0.15, 0.2) is 0 Å². The lowest BCUT2D eigenvalue weighted by Crippen LogP contribution is -2.23. The topological polar surface area (TPSA) is 95.0 Å². The minimum Gasteiger partial charge on any atom is -0.466 e. The minimum atomic E-state index is -0.253. The van der Waals surface area contributed by atoms with Crippen LogP contribution in [-0.2, 0) is 22.5 Å². The Morgan fingerprint density at radius 1 is 1.11 bits per heavy atom. The van der Waals surface area contributed by atoms with E-state index in [1.807, 2.05) is 24.3 Å². The highest BCUT2D eigenvalue weighted by molar-refractivity contribution is 5.98. The molecule has 2 aromatic carbocycles. The molecule has 0 saturated heterocycles. The number of hydrogen-bond donors (Lipinski definition) is 2. The summed E-state index contributed by atoms with van der Waals surface area (Å²) in [5, 5.41) is 12.6. The van der Waals surface area contributed by atoms with E-state index in [1.165, 1.54) is 0 Å². The number of fused-ring (bicyclic) bond motifs is 1. The average molecular weight is 361 g/mol. The number of carbonyl (C=O) groups is 2. The van der Waals surface area contributed by atoms with Gasteiger partial charge in [-0.25, -0.2) is 0 Å². The van der Waals surface area contributed by atoms with Crippen molar-refractivity contribution in [1.82, 2.24) is 10.3 Å². The summed E-state index contributed by atoms with van der Waals surface area (Å²) in [7, 11) is 0. The summed E-state index contributed by atoms with van der Waals surface area (Å²) in [6.07, 6.45) is 0.236. The Morgan fingerprint density at radius 3 is 2.56 bits per heavy atom. The maximum absolute atomic E-state index is 12.4. The molecule has 0 aliphatic rings. The molecule has 1 aromatic heterocycles. The van der Waals surface area contributed by atoms with Crippen molar-refractivity contribution in [3.63, 3.8) is 0 Å². The van der Waals surface area contributed by atoms with Crippen LogP contribution in [-0.4, -0.2) is 23.5 Å². The second-order valence-corrected chi connectivity index (χ2v) is 6.08. The van der Waals surface area contributed by atoms with Gasteiger partial charge in [-0.2, -0.15) is 5.26 Å². The van der Waals surface area contributed by atoms with Gasteiger partial charge in [0.25, 0.3) is 5.91 Å². The maximum atomic E-state index is 12.4. The normalized spacial score (nSPS) is 10.4. The van der Waals surface area contributed by atoms with Crippen molar-refractivity contribution < 1.29 is 14.3 Å². The van der Waals surface area contributed by atoms with E-state index in [-0.39, 0.29) is 18.3 Å². The zero-order valence-electron chi connectivity index (χ0n) is 14.9. The fraction of sp³-hybridized carbons (Fsp3) is 0.190. The molecule has 0 saturated carbocycles. The van der Waals surface area contributed by atoms with Crippen LogP contribution < -0.4 is 5.32 Å². The highest BCUT2D eigenvalue weighted by atomic mass is 16.5. The molecule has 3 rings (SSSR count). The number of carbonyl (C=O) groups excluding carboxylic acids is 2. The van der Waals surface area contributed by atoms with Crippen LogP contribution in [0.5, 0.6) is 0 Å². The second-order valence-electron chi connectivity index (χ2n) is 6.08. The molecular weight excluding hydrogens is 342 g/mol. The van der Waals surface area contributed by atoms with Gasteiger partial charge in [-0.15, -0.1) is 0 Å². The molecule has 0 spiro atoms. The predicted octanol–water partition coefficient (Wildman–Crippen LogP) is 3.08. The van der Waals surface area contributed by atoms with Gasteiger partial charge in [-0.05, 0) is 42.3 Å². The fourth-order valence-corrected chi connectivity index (χ4v) is 2.76. The van der Waals surface area contributed by atoms with Crippen molar-refractivity contribution in [3.05, 3.63) is 70.9 Å². The molecule has 6 nitrogen and oxygen atoms in total. The third-order valence-electron chi connectivity index (χ3n) is 4.12. The summed E-state index contributed by atoms with van der Waals surface area (Å²) < 4.78 is 4.93. The third kappa shape index (κ3) is 4.53. The van der Waals surface area contributed by atoms with E-state index < -0.39 is 0 Å². The van der Waals surface area contributed by atoms with Crippen LogP contribution in [0.1, 0.15) is 34.1 Å². The number of ether oxygens (including phenoxy) is 1. The smallest absolute Gasteiger partial charge is 0.310 e. The molecule has 2 N–H and O–H groups in total. The van der Waals surface area contributed by atoms with Crippen LogP contribution >= 0.6 is 0 Å². The van der Waals surface area contributed by atoms with Gasteiger partial charge in [0.05, 0.1) is 24.7 Å². The van der Waals surface area contributed by atoms with Crippen molar-refractivity contribution in [3.8, 4) is 6.07 Å². The lowest BCUT2D eigenvalue weighted by molar-refractivity contribution is -0.142. The molecule has 6 heteroatoms. The van der Waals surface area contributed by atoms with Crippen molar-refractivity contribution in [2.24, 2.45) is 0 Å². The van der Waals surface area contributed by atoms with Crippen LogP contribution in [0.3, 0.4) is 0 Å². The van der Waals surface area contributed by atoms with Gasteiger partial charge >= 0.3 is 5.97 Å². The first-order valence-corrected chi connectivity index (χ1v) is 8.63. The van der Waals surface area contributed by atoms with Crippen molar-refractivity contribution in [2.45, 2.75) is 19.9 Å². The highest BCUT2D eigenvalue weighted by Gasteiger charge is 2.10. The van der Waals surface area contributed by atoms with Crippen molar-refractivity contribution in [1.29, 1.82) is 5.26 Å². The molecule has 136 valence electrons. The number of aromatic amines is 1. The molecule has 3 aromatic rings. The Labute approximate surface area is 156 Å².